The molecule has 0 spiro atoms. The van der Waals surface area contributed by atoms with Gasteiger partial charge in [0.25, 0.3) is 0 Å². The summed E-state index contributed by atoms with van der Waals surface area (Å²) in [6.07, 6.45) is 3.58. The van der Waals surface area contributed by atoms with Crippen molar-refractivity contribution in [2.24, 2.45) is 0 Å². The third-order valence-corrected chi connectivity index (χ3v) is 2.66. The normalized spacial score (nSPS) is 14.9. The van der Waals surface area contributed by atoms with Gasteiger partial charge in [-0.25, -0.2) is 4.98 Å². The number of nitrogens with zero attached hydrogens (tertiary/aromatic N) is 2. The Morgan fingerprint density at radius 1 is 1.19 bits per heavy atom. The smallest absolute Gasteiger partial charge is 0.232 e. The van der Waals surface area contributed by atoms with Gasteiger partial charge in [-0.3, -0.25) is 4.98 Å². The first kappa shape index (κ1) is 12.9. The Morgan fingerprint density at radius 2 is 1.88 bits per heavy atom. The molecule has 90 valence electrons. The molecule has 1 rings (SSSR count). The minimum absolute atomic E-state index is 0.126. The molecule has 4 nitrogen and oxygen atoms in total. The van der Waals surface area contributed by atoms with Crippen LogP contribution in [0.5, 0.6) is 5.88 Å². The van der Waals surface area contributed by atoms with Gasteiger partial charge in [0.1, 0.15) is 0 Å². The van der Waals surface area contributed by atoms with Gasteiger partial charge in [-0.15, -0.1) is 0 Å². The van der Waals surface area contributed by atoms with E-state index in [9.17, 15) is 0 Å². The topological polar surface area (TPSA) is 47.0 Å². The summed E-state index contributed by atoms with van der Waals surface area (Å²) in [5.74, 6) is 0.913. The SMILES string of the molecule is CNC(C)C(C)c1cncc(OC(C)C)n1. The summed E-state index contributed by atoms with van der Waals surface area (Å²) in [5, 5.41) is 3.21. The second kappa shape index (κ2) is 5.80. The van der Waals surface area contributed by atoms with Crippen LogP contribution in [0.2, 0.25) is 0 Å². The number of hydrogen-bond acceptors (Lipinski definition) is 4. The Morgan fingerprint density at radius 3 is 2.44 bits per heavy atom. The van der Waals surface area contributed by atoms with Crippen molar-refractivity contribution < 1.29 is 4.74 Å². The molecule has 0 saturated heterocycles. The Labute approximate surface area is 97.5 Å². The summed E-state index contributed by atoms with van der Waals surface area (Å²) in [5.41, 5.74) is 0.958. The molecule has 0 bridgehead atoms. The standard InChI is InChI=1S/C12H21N3O/c1-8(2)16-12-7-14-6-11(15-12)9(3)10(4)13-5/h6-10,13H,1-5H3. The molecular formula is C12H21N3O. The van der Waals surface area contributed by atoms with Gasteiger partial charge in [0.2, 0.25) is 5.88 Å². The molecule has 0 aliphatic heterocycles. The number of aromatic nitrogens is 2. The number of rotatable bonds is 5. The van der Waals surface area contributed by atoms with Crippen molar-refractivity contribution in [1.82, 2.24) is 15.3 Å². The van der Waals surface area contributed by atoms with Crippen molar-refractivity contribution in [3.8, 4) is 5.88 Å². The van der Waals surface area contributed by atoms with Gasteiger partial charge in [-0.1, -0.05) is 6.92 Å². The molecule has 0 saturated carbocycles. The lowest BCUT2D eigenvalue weighted by Gasteiger charge is -2.19. The summed E-state index contributed by atoms with van der Waals surface area (Å²) in [7, 11) is 1.95. The van der Waals surface area contributed by atoms with Crippen LogP contribution in [0, 0.1) is 0 Å². The molecule has 0 radical (unpaired) electrons. The van der Waals surface area contributed by atoms with Gasteiger partial charge >= 0.3 is 0 Å². The Balaban J connectivity index is 2.81. The van der Waals surface area contributed by atoms with Gasteiger partial charge < -0.3 is 10.1 Å². The van der Waals surface area contributed by atoms with Crippen LogP contribution in [0.3, 0.4) is 0 Å². The summed E-state index contributed by atoms with van der Waals surface area (Å²) < 4.78 is 5.52. The van der Waals surface area contributed by atoms with Crippen molar-refractivity contribution in [1.29, 1.82) is 0 Å². The van der Waals surface area contributed by atoms with E-state index < -0.39 is 0 Å². The van der Waals surface area contributed by atoms with E-state index in [1.807, 2.05) is 20.9 Å². The fourth-order valence-electron chi connectivity index (χ4n) is 1.39. The molecule has 0 amide bonds. The maximum absolute atomic E-state index is 5.52. The van der Waals surface area contributed by atoms with Crippen molar-refractivity contribution in [2.75, 3.05) is 7.05 Å². The number of likely N-dealkylation sites (N-methyl/N-ethyl adjacent to an activating group) is 1. The van der Waals surface area contributed by atoms with Gasteiger partial charge in [-0.05, 0) is 27.8 Å². The zero-order chi connectivity index (χ0) is 12.1. The highest BCUT2D eigenvalue weighted by Gasteiger charge is 2.15. The molecule has 2 atom stereocenters. The molecule has 0 aromatic carbocycles. The zero-order valence-corrected chi connectivity index (χ0v) is 10.7. The van der Waals surface area contributed by atoms with Gasteiger partial charge in [0.15, 0.2) is 0 Å². The first-order chi connectivity index (χ1) is 7.54. The van der Waals surface area contributed by atoms with E-state index in [0.29, 0.717) is 17.8 Å². The van der Waals surface area contributed by atoms with E-state index in [1.54, 1.807) is 12.4 Å². The lowest BCUT2D eigenvalue weighted by molar-refractivity contribution is 0.230. The van der Waals surface area contributed by atoms with Crippen LogP contribution in [0.4, 0.5) is 0 Å². The fourth-order valence-corrected chi connectivity index (χ4v) is 1.39. The molecule has 16 heavy (non-hydrogen) atoms. The third kappa shape index (κ3) is 3.45. The van der Waals surface area contributed by atoms with Crippen molar-refractivity contribution in [2.45, 2.75) is 45.8 Å². The molecule has 1 aromatic rings. The van der Waals surface area contributed by atoms with Crippen LogP contribution < -0.4 is 10.1 Å². The van der Waals surface area contributed by atoms with Crippen LogP contribution in [0.15, 0.2) is 12.4 Å². The van der Waals surface area contributed by atoms with Crippen LogP contribution in [0.1, 0.15) is 39.3 Å². The van der Waals surface area contributed by atoms with Crippen LogP contribution >= 0.6 is 0 Å². The third-order valence-electron chi connectivity index (χ3n) is 2.66. The minimum Gasteiger partial charge on any atom is -0.474 e. The molecular weight excluding hydrogens is 202 g/mol. The Hall–Kier alpha value is -1.16. The molecule has 4 heteroatoms. The maximum Gasteiger partial charge on any atom is 0.232 e. The molecule has 0 aliphatic carbocycles. The monoisotopic (exact) mass is 223 g/mol. The Kier molecular flexibility index (Phi) is 4.68. The van der Waals surface area contributed by atoms with Crippen molar-refractivity contribution in [3.05, 3.63) is 18.1 Å². The largest absolute Gasteiger partial charge is 0.474 e. The number of hydrogen-bond donors (Lipinski definition) is 1. The first-order valence-corrected chi connectivity index (χ1v) is 5.70. The van der Waals surface area contributed by atoms with Crippen LogP contribution in [0.25, 0.3) is 0 Å². The van der Waals surface area contributed by atoms with E-state index in [4.69, 9.17) is 4.74 Å². The molecule has 0 aliphatic rings. The minimum atomic E-state index is 0.126. The average Bonchev–Trinajstić information content (AvgIpc) is 2.26. The second-order valence-corrected chi connectivity index (χ2v) is 4.31. The summed E-state index contributed by atoms with van der Waals surface area (Å²) >= 11 is 0. The van der Waals surface area contributed by atoms with Gasteiger partial charge in [0.05, 0.1) is 18.0 Å². The molecule has 1 aromatic heterocycles. The van der Waals surface area contributed by atoms with E-state index >= 15 is 0 Å². The van der Waals surface area contributed by atoms with E-state index in [2.05, 4.69) is 29.1 Å². The fraction of sp³-hybridized carbons (Fsp3) is 0.667. The summed E-state index contributed by atoms with van der Waals surface area (Å²) in [6, 6.07) is 0.364. The average molecular weight is 223 g/mol. The number of ether oxygens (including phenoxy) is 1. The summed E-state index contributed by atoms with van der Waals surface area (Å²) in [6.45, 7) is 8.22. The predicted molar refractivity (Wildman–Crippen MR) is 64.7 cm³/mol. The highest BCUT2D eigenvalue weighted by atomic mass is 16.5. The summed E-state index contributed by atoms with van der Waals surface area (Å²) in [4.78, 5) is 8.62. The Bertz CT molecular complexity index is 328. The van der Waals surface area contributed by atoms with Crippen molar-refractivity contribution >= 4 is 0 Å². The highest BCUT2D eigenvalue weighted by Crippen LogP contribution is 2.18. The molecule has 0 fully saturated rings. The van der Waals surface area contributed by atoms with Crippen LogP contribution in [-0.2, 0) is 0 Å². The van der Waals surface area contributed by atoms with Gasteiger partial charge in [0, 0.05) is 18.2 Å². The van der Waals surface area contributed by atoms with Crippen LogP contribution in [-0.4, -0.2) is 29.2 Å². The van der Waals surface area contributed by atoms with E-state index in [-0.39, 0.29) is 6.10 Å². The van der Waals surface area contributed by atoms with E-state index in [1.165, 1.54) is 0 Å². The second-order valence-electron chi connectivity index (χ2n) is 4.31. The lowest BCUT2D eigenvalue weighted by atomic mass is 10.0. The van der Waals surface area contributed by atoms with E-state index in [0.717, 1.165) is 5.69 Å². The zero-order valence-electron chi connectivity index (χ0n) is 10.7. The number of nitrogens with one attached hydrogen (secondary N) is 1. The first-order valence-electron chi connectivity index (χ1n) is 5.70. The lowest BCUT2D eigenvalue weighted by Crippen LogP contribution is -2.27. The quantitative estimate of drug-likeness (QED) is 0.829. The maximum atomic E-state index is 5.52. The highest BCUT2D eigenvalue weighted by molar-refractivity contribution is 5.13. The van der Waals surface area contributed by atoms with Crippen molar-refractivity contribution in [3.63, 3.8) is 0 Å². The molecule has 2 unspecified atom stereocenters. The molecule has 1 N–H and O–H groups in total. The van der Waals surface area contributed by atoms with Gasteiger partial charge in [-0.2, -0.15) is 0 Å². The molecule has 1 heterocycles. The predicted octanol–water partition coefficient (Wildman–Crippen LogP) is 1.98.